The number of likely N-dealkylation sites (tertiary alicyclic amines) is 1. The van der Waals surface area contributed by atoms with Gasteiger partial charge in [0, 0.05) is 19.2 Å². The van der Waals surface area contributed by atoms with Gasteiger partial charge in [0.2, 0.25) is 0 Å². The van der Waals surface area contributed by atoms with Crippen molar-refractivity contribution >= 4 is 16.9 Å². The van der Waals surface area contributed by atoms with Crippen molar-refractivity contribution in [1.82, 2.24) is 4.90 Å². The van der Waals surface area contributed by atoms with E-state index in [9.17, 15) is 14.7 Å². The fraction of sp³-hybridized carbons (Fsp3) is 0.286. The van der Waals surface area contributed by atoms with Gasteiger partial charge in [-0.1, -0.05) is 12.1 Å². The number of nitrogens with zero attached hydrogens (tertiary/aromatic N) is 1. The molecule has 1 aromatic carbocycles. The van der Waals surface area contributed by atoms with Crippen LogP contribution in [0.5, 0.6) is 0 Å². The average Bonchev–Trinajstić information content (AvgIpc) is 2.84. The van der Waals surface area contributed by atoms with Gasteiger partial charge in [0.1, 0.15) is 5.58 Å². The van der Waals surface area contributed by atoms with Gasteiger partial charge in [-0.15, -0.1) is 0 Å². The maximum Gasteiger partial charge on any atom is 0.289 e. The maximum atomic E-state index is 12.2. The van der Waals surface area contributed by atoms with Crippen molar-refractivity contribution < 1.29 is 14.3 Å². The number of benzene rings is 1. The molecule has 1 aliphatic heterocycles. The normalized spacial score (nSPS) is 19.0. The maximum absolute atomic E-state index is 12.2. The average molecular weight is 259 g/mol. The minimum atomic E-state index is -0.490. The number of carbonyl (C=O) groups is 1. The molecule has 1 N–H and O–H groups in total. The summed E-state index contributed by atoms with van der Waals surface area (Å²) < 4.78 is 5.48. The highest BCUT2D eigenvalue weighted by Gasteiger charge is 2.27. The Bertz CT molecular complexity index is 691. The minimum Gasteiger partial charge on any atom is -0.451 e. The Hall–Kier alpha value is -2.14. The van der Waals surface area contributed by atoms with Gasteiger partial charge in [-0.25, -0.2) is 0 Å². The first kappa shape index (κ1) is 11.9. The predicted octanol–water partition coefficient (Wildman–Crippen LogP) is 1.000. The number of carbonyl (C=O) groups excluding carboxylic acids is 1. The summed E-state index contributed by atoms with van der Waals surface area (Å²) in [4.78, 5) is 25.6. The molecule has 0 radical (unpaired) electrons. The molecule has 5 nitrogen and oxygen atoms in total. The van der Waals surface area contributed by atoms with Crippen molar-refractivity contribution in [2.75, 3.05) is 13.1 Å². The minimum absolute atomic E-state index is 0.0257. The van der Waals surface area contributed by atoms with E-state index in [-0.39, 0.29) is 23.6 Å². The third kappa shape index (κ3) is 2.13. The number of rotatable bonds is 1. The molecule has 2 heterocycles. The molecule has 1 amide bonds. The van der Waals surface area contributed by atoms with Crippen LogP contribution in [-0.2, 0) is 0 Å². The lowest BCUT2D eigenvalue weighted by Gasteiger charge is -2.14. The van der Waals surface area contributed by atoms with Crippen molar-refractivity contribution in [1.29, 1.82) is 0 Å². The molecule has 1 unspecified atom stereocenters. The summed E-state index contributed by atoms with van der Waals surface area (Å²) in [6.07, 6.45) is 0.0694. The van der Waals surface area contributed by atoms with E-state index >= 15 is 0 Å². The number of aliphatic hydroxyl groups is 1. The third-order valence-corrected chi connectivity index (χ3v) is 3.30. The van der Waals surface area contributed by atoms with E-state index in [1.807, 2.05) is 0 Å². The smallest absolute Gasteiger partial charge is 0.289 e. The molecule has 19 heavy (non-hydrogen) atoms. The molecule has 0 bridgehead atoms. The lowest BCUT2D eigenvalue weighted by molar-refractivity contribution is 0.0734. The Labute approximate surface area is 109 Å². The molecule has 5 heteroatoms. The standard InChI is InChI=1S/C14H13NO4/c16-9-5-6-15(8-9)14(18)13-7-11(17)10-3-1-2-4-12(10)19-13/h1-4,7,9,16H,5-6,8H2. The summed E-state index contributed by atoms with van der Waals surface area (Å²) in [5.41, 5.74) is 0.169. The Kier molecular flexibility index (Phi) is 2.83. The second kappa shape index (κ2) is 4.51. The second-order valence-electron chi connectivity index (χ2n) is 4.66. The molecule has 1 aliphatic rings. The summed E-state index contributed by atoms with van der Waals surface area (Å²) in [7, 11) is 0. The first-order valence-electron chi connectivity index (χ1n) is 6.15. The van der Waals surface area contributed by atoms with E-state index in [1.165, 1.54) is 11.0 Å². The SMILES string of the molecule is O=C(c1cc(=O)c2ccccc2o1)N1CCC(O)C1. The molecule has 0 spiro atoms. The molecule has 98 valence electrons. The van der Waals surface area contributed by atoms with Crippen LogP contribution in [0.15, 0.2) is 39.5 Å². The van der Waals surface area contributed by atoms with Crippen LogP contribution in [0.2, 0.25) is 0 Å². The van der Waals surface area contributed by atoms with Gasteiger partial charge in [0.05, 0.1) is 11.5 Å². The summed E-state index contributed by atoms with van der Waals surface area (Å²) >= 11 is 0. The molecule has 3 rings (SSSR count). The van der Waals surface area contributed by atoms with Crippen molar-refractivity contribution in [2.45, 2.75) is 12.5 Å². The molecular weight excluding hydrogens is 246 g/mol. The number of amides is 1. The third-order valence-electron chi connectivity index (χ3n) is 3.30. The van der Waals surface area contributed by atoms with Gasteiger partial charge in [-0.05, 0) is 18.6 Å². The van der Waals surface area contributed by atoms with Crippen LogP contribution in [0.3, 0.4) is 0 Å². The summed E-state index contributed by atoms with van der Waals surface area (Å²) in [5, 5.41) is 9.89. The van der Waals surface area contributed by atoms with Crippen LogP contribution in [0.1, 0.15) is 17.0 Å². The Balaban J connectivity index is 2.01. The Morgan fingerprint density at radius 2 is 2.16 bits per heavy atom. The van der Waals surface area contributed by atoms with Gasteiger partial charge in [0.15, 0.2) is 11.2 Å². The summed E-state index contributed by atoms with van der Waals surface area (Å²) in [6.45, 7) is 0.770. The molecular formula is C14H13NO4. The lowest BCUT2D eigenvalue weighted by Crippen LogP contribution is -2.30. The first-order valence-corrected chi connectivity index (χ1v) is 6.15. The van der Waals surface area contributed by atoms with E-state index in [0.717, 1.165) is 0 Å². The van der Waals surface area contributed by atoms with Gasteiger partial charge in [0.25, 0.3) is 5.91 Å². The van der Waals surface area contributed by atoms with Gasteiger partial charge >= 0.3 is 0 Å². The van der Waals surface area contributed by atoms with Crippen molar-refractivity contribution in [3.05, 3.63) is 46.3 Å². The van der Waals surface area contributed by atoms with E-state index in [2.05, 4.69) is 0 Å². The van der Waals surface area contributed by atoms with Gasteiger partial charge < -0.3 is 14.4 Å². The lowest BCUT2D eigenvalue weighted by atomic mass is 10.2. The summed E-state index contributed by atoms with van der Waals surface area (Å²) in [6, 6.07) is 8.04. The predicted molar refractivity (Wildman–Crippen MR) is 69.0 cm³/mol. The van der Waals surface area contributed by atoms with Gasteiger partial charge in [-0.2, -0.15) is 0 Å². The van der Waals surface area contributed by atoms with E-state index in [4.69, 9.17) is 4.42 Å². The van der Waals surface area contributed by atoms with Crippen molar-refractivity contribution in [2.24, 2.45) is 0 Å². The highest BCUT2D eigenvalue weighted by Crippen LogP contribution is 2.16. The number of β-amino-alcohol motifs (C(OH)–C–C–N with tert-alkyl or cyclic N) is 1. The summed E-state index contributed by atoms with van der Waals surface area (Å²) in [5.74, 6) is -0.322. The fourth-order valence-electron chi connectivity index (χ4n) is 2.29. The largest absolute Gasteiger partial charge is 0.451 e. The van der Waals surface area contributed by atoms with Crippen molar-refractivity contribution in [3.8, 4) is 0 Å². The van der Waals surface area contributed by atoms with Crippen LogP contribution in [0.25, 0.3) is 11.0 Å². The van der Waals surface area contributed by atoms with Crippen LogP contribution in [0, 0.1) is 0 Å². The highest BCUT2D eigenvalue weighted by atomic mass is 16.3. The molecule has 1 saturated heterocycles. The number of hydrogen-bond acceptors (Lipinski definition) is 4. The number of aliphatic hydroxyl groups excluding tert-OH is 1. The first-order chi connectivity index (χ1) is 9.15. The van der Waals surface area contributed by atoms with Gasteiger partial charge in [-0.3, -0.25) is 9.59 Å². The van der Waals surface area contributed by atoms with E-state index in [0.29, 0.717) is 23.9 Å². The quantitative estimate of drug-likeness (QED) is 0.829. The highest BCUT2D eigenvalue weighted by molar-refractivity contribution is 5.93. The second-order valence-corrected chi connectivity index (χ2v) is 4.66. The van der Waals surface area contributed by atoms with E-state index in [1.54, 1.807) is 24.3 Å². The van der Waals surface area contributed by atoms with E-state index < -0.39 is 6.10 Å². The molecule has 2 aromatic rings. The monoisotopic (exact) mass is 259 g/mol. The van der Waals surface area contributed by atoms with Crippen LogP contribution in [0.4, 0.5) is 0 Å². The topological polar surface area (TPSA) is 70.8 Å². The van der Waals surface area contributed by atoms with Crippen LogP contribution >= 0.6 is 0 Å². The zero-order valence-corrected chi connectivity index (χ0v) is 10.2. The molecule has 1 atom stereocenters. The zero-order valence-electron chi connectivity index (χ0n) is 10.2. The Morgan fingerprint density at radius 1 is 1.37 bits per heavy atom. The molecule has 1 fully saturated rings. The molecule has 0 saturated carbocycles. The van der Waals surface area contributed by atoms with Crippen LogP contribution in [-0.4, -0.2) is 35.1 Å². The molecule has 0 aliphatic carbocycles. The fourth-order valence-corrected chi connectivity index (χ4v) is 2.29. The number of fused-ring (bicyclic) bond motifs is 1. The van der Waals surface area contributed by atoms with Crippen LogP contribution < -0.4 is 5.43 Å². The molecule has 1 aromatic heterocycles. The Morgan fingerprint density at radius 3 is 2.89 bits per heavy atom. The number of hydrogen-bond donors (Lipinski definition) is 1. The van der Waals surface area contributed by atoms with Crippen molar-refractivity contribution in [3.63, 3.8) is 0 Å². The zero-order chi connectivity index (χ0) is 13.4. The number of para-hydroxylation sites is 1.